The van der Waals surface area contributed by atoms with Crippen molar-refractivity contribution in [3.05, 3.63) is 92.3 Å². The van der Waals surface area contributed by atoms with Crippen LogP contribution in [0, 0.1) is 0 Å². The number of rotatable bonds is 8. The lowest BCUT2D eigenvalue weighted by Gasteiger charge is -2.41. The highest BCUT2D eigenvalue weighted by Gasteiger charge is 2.59. The first-order valence-electron chi connectivity index (χ1n) is 13.1. The normalized spacial score (nSPS) is 24.9. The summed E-state index contributed by atoms with van der Waals surface area (Å²) in [6, 6.07) is 15.8. The van der Waals surface area contributed by atoms with Gasteiger partial charge in [0.15, 0.2) is 6.23 Å². The summed E-state index contributed by atoms with van der Waals surface area (Å²) in [7, 11) is 0. The fourth-order valence-electron chi connectivity index (χ4n) is 5.68. The predicted molar refractivity (Wildman–Crippen MR) is 139 cm³/mol. The van der Waals surface area contributed by atoms with E-state index in [1.165, 1.54) is 37.1 Å². The van der Waals surface area contributed by atoms with Crippen LogP contribution in [0.3, 0.4) is 0 Å². The number of hydrogen-bond donors (Lipinski definition) is 3. The number of aliphatic hydroxyl groups is 2. The van der Waals surface area contributed by atoms with E-state index in [1.54, 1.807) is 0 Å². The third-order valence-electron chi connectivity index (χ3n) is 7.67. The van der Waals surface area contributed by atoms with Gasteiger partial charge >= 0.3 is 5.69 Å². The van der Waals surface area contributed by atoms with Crippen molar-refractivity contribution in [2.24, 2.45) is 0 Å². The monoisotopic (exact) mass is 506 g/mol. The van der Waals surface area contributed by atoms with Crippen LogP contribution in [-0.4, -0.2) is 44.2 Å². The summed E-state index contributed by atoms with van der Waals surface area (Å²) in [5.74, 6) is 0. The van der Waals surface area contributed by atoms with Crippen molar-refractivity contribution in [1.82, 2.24) is 9.55 Å². The average Bonchev–Trinajstić information content (AvgIpc) is 3.17. The fourth-order valence-corrected chi connectivity index (χ4v) is 5.68. The Morgan fingerprint density at radius 1 is 1.11 bits per heavy atom. The van der Waals surface area contributed by atoms with Crippen molar-refractivity contribution >= 4 is 0 Å². The summed E-state index contributed by atoms with van der Waals surface area (Å²) in [5.41, 5.74) is 3.04. The van der Waals surface area contributed by atoms with E-state index in [-0.39, 0.29) is 6.61 Å². The smallest absolute Gasteiger partial charge is 0.330 e. The first kappa shape index (κ1) is 25.6. The van der Waals surface area contributed by atoms with E-state index < -0.39 is 41.9 Å². The second-order valence-electron chi connectivity index (χ2n) is 10.0. The molecule has 3 aromatic rings. The number of H-pyrrole nitrogens is 1. The second-order valence-corrected chi connectivity index (χ2v) is 10.0. The van der Waals surface area contributed by atoms with E-state index >= 15 is 0 Å². The largest absolute Gasteiger partial charge is 0.394 e. The Morgan fingerprint density at radius 2 is 1.92 bits per heavy atom. The van der Waals surface area contributed by atoms with Gasteiger partial charge in [0.1, 0.15) is 17.8 Å². The molecule has 1 aromatic heterocycles. The number of hydrogen-bond acceptors (Lipinski definition) is 6. The number of aliphatic hydroxyl groups excluding tert-OH is 2. The van der Waals surface area contributed by atoms with Gasteiger partial charge < -0.3 is 19.7 Å². The molecule has 2 aliphatic heterocycles. The maximum absolute atomic E-state index is 12.5. The summed E-state index contributed by atoms with van der Waals surface area (Å²) < 4.78 is 13.5. The minimum atomic E-state index is -1.26. The van der Waals surface area contributed by atoms with E-state index in [0.29, 0.717) is 6.42 Å². The Balaban J connectivity index is 1.53. The molecule has 3 heterocycles. The Labute approximate surface area is 215 Å². The fraction of sp³-hybridized carbons (Fsp3) is 0.448. The van der Waals surface area contributed by atoms with Crippen LogP contribution in [-0.2, 0) is 28.9 Å². The van der Waals surface area contributed by atoms with Gasteiger partial charge in [-0.1, -0.05) is 68.7 Å². The number of unbranched alkanes of at least 4 members (excludes halogenated alkanes) is 3. The summed E-state index contributed by atoms with van der Waals surface area (Å²) in [5, 5.41) is 21.7. The van der Waals surface area contributed by atoms with Gasteiger partial charge in [-0.2, -0.15) is 0 Å². The Morgan fingerprint density at radius 3 is 2.65 bits per heavy atom. The third kappa shape index (κ3) is 4.82. The Bertz CT molecular complexity index is 1350. The lowest BCUT2D eigenvalue weighted by molar-refractivity contribution is -0.152. The molecule has 0 unspecified atom stereocenters. The molecule has 1 fully saturated rings. The maximum Gasteiger partial charge on any atom is 0.330 e. The van der Waals surface area contributed by atoms with Gasteiger partial charge in [0.25, 0.3) is 5.56 Å². The van der Waals surface area contributed by atoms with E-state index in [4.69, 9.17) is 9.47 Å². The number of nitrogens with zero attached hydrogens (tertiary/aromatic N) is 1. The zero-order valence-corrected chi connectivity index (χ0v) is 21.1. The van der Waals surface area contributed by atoms with Crippen LogP contribution in [0.4, 0.5) is 0 Å². The highest BCUT2D eigenvalue weighted by molar-refractivity contribution is 5.70. The van der Waals surface area contributed by atoms with E-state index in [1.807, 2.05) is 18.2 Å². The molecule has 37 heavy (non-hydrogen) atoms. The first-order valence-corrected chi connectivity index (χ1v) is 13.1. The molecule has 0 saturated carbocycles. The van der Waals surface area contributed by atoms with Crippen molar-refractivity contribution in [1.29, 1.82) is 0 Å². The van der Waals surface area contributed by atoms with Crippen LogP contribution in [0.2, 0.25) is 0 Å². The zero-order valence-electron chi connectivity index (χ0n) is 21.1. The van der Waals surface area contributed by atoms with Crippen LogP contribution < -0.4 is 11.2 Å². The molecule has 8 nitrogen and oxygen atoms in total. The molecule has 0 aliphatic carbocycles. The molecular weight excluding hydrogens is 472 g/mol. The number of aromatic nitrogens is 2. The van der Waals surface area contributed by atoms with Crippen LogP contribution in [0.5, 0.6) is 0 Å². The summed E-state index contributed by atoms with van der Waals surface area (Å²) >= 11 is 0. The summed E-state index contributed by atoms with van der Waals surface area (Å²) in [6.45, 7) is 2.07. The Hall–Kier alpha value is -3.04. The minimum Gasteiger partial charge on any atom is -0.394 e. The minimum absolute atomic E-state index is 0.252. The van der Waals surface area contributed by atoms with Gasteiger partial charge in [-0.3, -0.25) is 14.3 Å². The topological polar surface area (TPSA) is 114 Å². The molecule has 0 bridgehead atoms. The van der Waals surface area contributed by atoms with Crippen molar-refractivity contribution in [3.8, 4) is 11.1 Å². The lowest BCUT2D eigenvalue weighted by atomic mass is 9.78. The summed E-state index contributed by atoms with van der Waals surface area (Å²) in [4.78, 5) is 26.2. The maximum atomic E-state index is 12.5. The van der Waals surface area contributed by atoms with Crippen LogP contribution in [0.25, 0.3) is 11.1 Å². The molecule has 0 radical (unpaired) electrons. The van der Waals surface area contributed by atoms with Crippen LogP contribution in [0.15, 0.2) is 64.3 Å². The molecule has 4 atom stereocenters. The van der Waals surface area contributed by atoms with E-state index in [0.717, 1.165) is 39.7 Å². The number of ether oxygens (including phenoxy) is 2. The van der Waals surface area contributed by atoms with Gasteiger partial charge in [-0.15, -0.1) is 0 Å². The van der Waals surface area contributed by atoms with Crippen LogP contribution in [0.1, 0.15) is 55.5 Å². The van der Waals surface area contributed by atoms with Gasteiger partial charge in [0, 0.05) is 18.7 Å². The zero-order chi connectivity index (χ0) is 26.0. The van der Waals surface area contributed by atoms with Gasteiger partial charge in [0.2, 0.25) is 0 Å². The summed E-state index contributed by atoms with van der Waals surface area (Å²) in [6.07, 6.45) is 4.10. The number of aryl methyl sites for hydroxylation is 1. The third-order valence-corrected chi connectivity index (χ3v) is 7.67. The molecule has 196 valence electrons. The van der Waals surface area contributed by atoms with Crippen molar-refractivity contribution < 1.29 is 19.7 Å². The number of aromatic amines is 1. The van der Waals surface area contributed by atoms with Gasteiger partial charge in [0.05, 0.1) is 13.2 Å². The highest BCUT2D eigenvalue weighted by atomic mass is 16.6. The molecule has 2 aliphatic rings. The van der Waals surface area contributed by atoms with Gasteiger partial charge in [-0.05, 0) is 40.7 Å². The Kier molecular flexibility index (Phi) is 7.44. The molecule has 1 spiro atoms. The molecule has 2 aromatic carbocycles. The molecular formula is C29H34N2O6. The second kappa shape index (κ2) is 10.8. The average molecular weight is 507 g/mol. The molecule has 8 heteroatoms. The number of benzene rings is 2. The molecule has 3 N–H and O–H groups in total. The van der Waals surface area contributed by atoms with Crippen LogP contribution >= 0.6 is 0 Å². The quantitative estimate of drug-likeness (QED) is 0.405. The molecule has 5 rings (SSSR count). The molecule has 1 saturated heterocycles. The number of fused-ring (bicyclic) bond motifs is 1. The molecule has 0 amide bonds. The van der Waals surface area contributed by atoms with Crippen molar-refractivity contribution in [2.75, 3.05) is 6.61 Å². The lowest BCUT2D eigenvalue weighted by Crippen LogP contribution is -2.55. The van der Waals surface area contributed by atoms with E-state index in [9.17, 15) is 19.8 Å². The van der Waals surface area contributed by atoms with Gasteiger partial charge in [-0.25, -0.2) is 4.79 Å². The van der Waals surface area contributed by atoms with E-state index in [2.05, 4.69) is 36.2 Å². The standard InChI is InChI=1S/C29H34N2O6/c1-2-3-4-6-9-19-14-21-18-36-29(16-23(21)22(15-19)20-10-7-5-8-11-20)24(17-32)37-27(26(29)34)31-13-12-25(33)30-28(31)35/h5,7-8,10-15,24,26-27,32,34H,2-4,6,9,16-18H2,1H3,(H,30,33,35)/t24-,26+,27-,29-/m1/s1. The van der Waals surface area contributed by atoms with Crippen molar-refractivity contribution in [3.63, 3.8) is 0 Å². The first-order chi connectivity index (χ1) is 18.0. The highest BCUT2D eigenvalue weighted by Crippen LogP contribution is 2.47. The van der Waals surface area contributed by atoms with Crippen molar-refractivity contribution in [2.45, 2.75) is 76.1 Å². The predicted octanol–water partition coefficient (Wildman–Crippen LogP) is 3.09. The number of nitrogens with one attached hydrogen (secondary N) is 1. The SMILES string of the molecule is CCCCCCc1cc2c(c(-c3ccccc3)c1)C[C@@]1(OC2)[C@@H](CO)O[C@@H](n2ccc(=O)[nH]c2=O)[C@@H]1O.